The quantitative estimate of drug-likeness (QED) is 0.638. The Morgan fingerprint density at radius 3 is 2.58 bits per heavy atom. The number of carbonyl (C=O) groups excluding carboxylic acids is 2. The molecule has 0 saturated carbocycles. The molecule has 2 aliphatic rings. The summed E-state index contributed by atoms with van der Waals surface area (Å²) in [4.78, 5) is 26.5. The average Bonchev–Trinajstić information content (AvgIpc) is 2.83. The lowest BCUT2D eigenvalue weighted by Crippen LogP contribution is -2.41. The lowest BCUT2D eigenvalue weighted by molar-refractivity contribution is -0.147. The van der Waals surface area contributed by atoms with E-state index in [1.54, 1.807) is 20.3 Å². The lowest BCUT2D eigenvalue weighted by atomic mass is 9.71. The predicted octanol–water partition coefficient (Wildman–Crippen LogP) is 4.31. The molecule has 0 saturated heterocycles. The van der Waals surface area contributed by atoms with Gasteiger partial charge in [0.05, 0.1) is 20.8 Å². The van der Waals surface area contributed by atoms with E-state index in [4.69, 9.17) is 14.2 Å². The van der Waals surface area contributed by atoms with Crippen LogP contribution in [0.1, 0.15) is 36.3 Å². The van der Waals surface area contributed by atoms with Gasteiger partial charge < -0.3 is 19.5 Å². The topological polar surface area (TPSA) is 73.9 Å². The zero-order chi connectivity index (χ0) is 23.4. The van der Waals surface area contributed by atoms with Crippen LogP contribution in [0.2, 0.25) is 0 Å². The summed E-state index contributed by atoms with van der Waals surface area (Å²) >= 11 is 0. The maximum Gasteiger partial charge on any atom is 0.315 e. The van der Waals surface area contributed by atoms with Crippen molar-refractivity contribution in [2.75, 3.05) is 20.8 Å². The van der Waals surface area contributed by atoms with Crippen LogP contribution >= 0.6 is 0 Å². The van der Waals surface area contributed by atoms with Crippen LogP contribution in [0.5, 0.6) is 11.5 Å². The number of methoxy groups -OCH3 is 2. The van der Waals surface area contributed by atoms with Crippen molar-refractivity contribution in [3.8, 4) is 11.5 Å². The fraction of sp³-hybridized carbons (Fsp3) is 0.333. The van der Waals surface area contributed by atoms with Gasteiger partial charge in [-0.3, -0.25) is 9.59 Å². The van der Waals surface area contributed by atoms with E-state index in [9.17, 15) is 9.59 Å². The van der Waals surface area contributed by atoms with Gasteiger partial charge in [-0.1, -0.05) is 49.0 Å². The molecule has 0 fully saturated rings. The number of esters is 1. The van der Waals surface area contributed by atoms with Crippen LogP contribution in [-0.4, -0.2) is 32.6 Å². The van der Waals surface area contributed by atoms with Crippen molar-refractivity contribution < 1.29 is 23.8 Å². The predicted molar refractivity (Wildman–Crippen MR) is 125 cm³/mol. The number of hydrogen-bond acceptors (Lipinski definition) is 6. The summed E-state index contributed by atoms with van der Waals surface area (Å²) in [5.41, 5.74) is 3.78. The van der Waals surface area contributed by atoms with Crippen LogP contribution in [0.4, 0.5) is 0 Å². The standard InChI is InChI=1S/C27H29NO5/c1-17-23(27(30)33-16-15-18-9-5-4-6-10-18)24(25-20(28-17)12-8-13-21(25)29)19-11-7-14-22(31-2)26(19)32-3/h4-7,9-11,14,23-24,28H,1,8,12-13,15-16H2,2-3H3. The van der Waals surface area contributed by atoms with Crippen molar-refractivity contribution in [1.29, 1.82) is 0 Å². The Kier molecular flexibility index (Phi) is 6.82. The summed E-state index contributed by atoms with van der Waals surface area (Å²) in [6.45, 7) is 4.39. The van der Waals surface area contributed by atoms with E-state index in [0.717, 1.165) is 24.1 Å². The maximum atomic E-state index is 13.4. The minimum Gasteiger partial charge on any atom is -0.493 e. The van der Waals surface area contributed by atoms with Gasteiger partial charge in [-0.2, -0.15) is 0 Å². The highest BCUT2D eigenvalue weighted by molar-refractivity contribution is 6.00. The van der Waals surface area contributed by atoms with Crippen molar-refractivity contribution in [3.63, 3.8) is 0 Å². The highest BCUT2D eigenvalue weighted by Crippen LogP contribution is 2.48. The number of para-hydroxylation sites is 1. The van der Waals surface area contributed by atoms with Gasteiger partial charge in [-0.05, 0) is 24.5 Å². The molecule has 0 amide bonds. The Bertz CT molecular complexity index is 1090. The van der Waals surface area contributed by atoms with Gasteiger partial charge >= 0.3 is 5.97 Å². The third-order valence-corrected chi connectivity index (χ3v) is 6.29. The van der Waals surface area contributed by atoms with Crippen LogP contribution in [0, 0.1) is 5.92 Å². The van der Waals surface area contributed by atoms with Gasteiger partial charge in [-0.15, -0.1) is 0 Å². The zero-order valence-electron chi connectivity index (χ0n) is 19.1. The Morgan fingerprint density at radius 1 is 1.06 bits per heavy atom. The molecule has 1 aliphatic carbocycles. The number of hydrogen-bond donors (Lipinski definition) is 1. The molecule has 0 bridgehead atoms. The molecule has 33 heavy (non-hydrogen) atoms. The van der Waals surface area contributed by atoms with Gasteiger partial charge in [0.25, 0.3) is 0 Å². The molecule has 2 unspecified atom stereocenters. The molecule has 6 nitrogen and oxygen atoms in total. The summed E-state index contributed by atoms with van der Waals surface area (Å²) in [6, 6.07) is 15.4. The number of allylic oxidation sites excluding steroid dienone is 2. The van der Waals surface area contributed by atoms with Crippen molar-refractivity contribution in [2.24, 2.45) is 5.92 Å². The van der Waals surface area contributed by atoms with E-state index >= 15 is 0 Å². The van der Waals surface area contributed by atoms with Gasteiger partial charge in [-0.25, -0.2) is 0 Å². The van der Waals surface area contributed by atoms with Crippen LogP contribution in [0.15, 0.2) is 72.1 Å². The second-order valence-electron chi connectivity index (χ2n) is 8.26. The molecule has 2 aromatic rings. The summed E-state index contributed by atoms with van der Waals surface area (Å²) in [5, 5.41) is 3.25. The molecule has 0 aromatic heterocycles. The van der Waals surface area contributed by atoms with E-state index in [2.05, 4.69) is 11.9 Å². The Labute approximate surface area is 194 Å². The fourth-order valence-electron chi connectivity index (χ4n) is 4.77. The highest BCUT2D eigenvalue weighted by atomic mass is 16.5. The third-order valence-electron chi connectivity index (χ3n) is 6.29. The molecule has 2 aromatic carbocycles. The first-order chi connectivity index (χ1) is 16.0. The fourth-order valence-corrected chi connectivity index (χ4v) is 4.77. The smallest absolute Gasteiger partial charge is 0.315 e. The molecule has 2 atom stereocenters. The van der Waals surface area contributed by atoms with E-state index in [1.165, 1.54) is 0 Å². The Hall–Kier alpha value is -3.54. The molecular weight excluding hydrogens is 418 g/mol. The SMILES string of the molecule is C=C1NC2=C(C(=O)CCC2)C(c2cccc(OC)c2OC)C1C(=O)OCCc1ccccc1. The molecule has 1 aliphatic heterocycles. The summed E-state index contributed by atoms with van der Waals surface area (Å²) in [6.07, 6.45) is 2.57. The maximum absolute atomic E-state index is 13.4. The number of ether oxygens (including phenoxy) is 3. The Morgan fingerprint density at radius 2 is 1.85 bits per heavy atom. The zero-order valence-corrected chi connectivity index (χ0v) is 19.1. The van der Waals surface area contributed by atoms with E-state index < -0.39 is 17.8 Å². The normalized spacial score (nSPS) is 20.1. The Balaban J connectivity index is 1.70. The highest BCUT2D eigenvalue weighted by Gasteiger charge is 2.45. The third kappa shape index (κ3) is 4.51. The number of benzene rings is 2. The molecule has 172 valence electrons. The van der Waals surface area contributed by atoms with Gasteiger partial charge in [0.2, 0.25) is 0 Å². The molecule has 6 heteroatoms. The van der Waals surface area contributed by atoms with E-state index in [0.29, 0.717) is 41.2 Å². The minimum absolute atomic E-state index is 0.0354. The van der Waals surface area contributed by atoms with Crippen LogP contribution in [0.3, 0.4) is 0 Å². The first kappa shape index (κ1) is 22.6. The monoisotopic (exact) mass is 447 g/mol. The molecule has 1 heterocycles. The number of nitrogens with one attached hydrogen (secondary N) is 1. The average molecular weight is 448 g/mol. The second kappa shape index (κ2) is 9.94. The molecule has 0 spiro atoms. The number of rotatable bonds is 7. The van der Waals surface area contributed by atoms with Crippen LogP contribution in [-0.2, 0) is 20.7 Å². The number of carbonyl (C=O) groups is 2. The second-order valence-corrected chi connectivity index (χ2v) is 8.26. The van der Waals surface area contributed by atoms with E-state index in [1.807, 2.05) is 42.5 Å². The van der Waals surface area contributed by atoms with Crippen LogP contribution in [0.25, 0.3) is 0 Å². The van der Waals surface area contributed by atoms with Crippen molar-refractivity contribution in [3.05, 3.63) is 83.2 Å². The van der Waals surface area contributed by atoms with Crippen molar-refractivity contribution in [2.45, 2.75) is 31.6 Å². The molecule has 4 rings (SSSR count). The largest absolute Gasteiger partial charge is 0.493 e. The molecule has 0 radical (unpaired) electrons. The van der Waals surface area contributed by atoms with Gasteiger partial charge in [0, 0.05) is 41.3 Å². The first-order valence-electron chi connectivity index (χ1n) is 11.2. The summed E-state index contributed by atoms with van der Waals surface area (Å²) in [7, 11) is 3.12. The number of ketones is 1. The van der Waals surface area contributed by atoms with Crippen molar-refractivity contribution >= 4 is 11.8 Å². The molecular formula is C27H29NO5. The number of Topliss-reactive ketones (excluding diaryl/α,β-unsaturated/α-hetero) is 1. The van der Waals surface area contributed by atoms with Gasteiger partial charge in [0.1, 0.15) is 5.92 Å². The van der Waals surface area contributed by atoms with Crippen LogP contribution < -0.4 is 14.8 Å². The summed E-state index contributed by atoms with van der Waals surface area (Å²) in [5.74, 6) is -0.650. The first-order valence-corrected chi connectivity index (χ1v) is 11.2. The van der Waals surface area contributed by atoms with E-state index in [-0.39, 0.29) is 12.4 Å². The summed E-state index contributed by atoms with van der Waals surface area (Å²) < 4.78 is 16.9. The van der Waals surface area contributed by atoms with Gasteiger partial charge in [0.15, 0.2) is 17.3 Å². The molecule has 1 N–H and O–H groups in total. The lowest BCUT2D eigenvalue weighted by Gasteiger charge is -2.38. The van der Waals surface area contributed by atoms with Crippen molar-refractivity contribution in [1.82, 2.24) is 5.32 Å². The minimum atomic E-state index is -0.762.